The van der Waals surface area contributed by atoms with Crippen LogP contribution in [0.5, 0.6) is 0 Å². The third kappa shape index (κ3) is 6.08. The molecule has 33 heavy (non-hydrogen) atoms. The Morgan fingerprint density at radius 2 is 1.73 bits per heavy atom. The Morgan fingerprint density at radius 3 is 2.33 bits per heavy atom. The van der Waals surface area contributed by atoms with Gasteiger partial charge in [0.2, 0.25) is 6.41 Å². The number of carbonyl (C=O) groups is 2. The molecule has 0 unspecified atom stereocenters. The molecule has 2 amide bonds. The number of hydrogen-bond donors (Lipinski definition) is 1. The van der Waals surface area contributed by atoms with Gasteiger partial charge in [0.15, 0.2) is 0 Å². The van der Waals surface area contributed by atoms with Gasteiger partial charge in [-0.3, -0.25) is 14.5 Å². The summed E-state index contributed by atoms with van der Waals surface area (Å²) in [6, 6.07) is 19.4. The zero-order valence-electron chi connectivity index (χ0n) is 18.5. The highest BCUT2D eigenvalue weighted by Gasteiger charge is 2.19. The molecule has 3 aromatic rings. The van der Waals surface area contributed by atoms with Gasteiger partial charge >= 0.3 is 0 Å². The van der Waals surface area contributed by atoms with E-state index in [4.69, 9.17) is 11.6 Å². The number of nitrogens with one attached hydrogen (secondary N) is 1. The van der Waals surface area contributed by atoms with Gasteiger partial charge in [-0.2, -0.15) is 5.10 Å². The van der Waals surface area contributed by atoms with Crippen LogP contribution in [0.25, 0.3) is 6.08 Å². The maximum atomic E-state index is 13.1. The molecule has 0 radical (unpaired) electrons. The molecule has 0 spiro atoms. The van der Waals surface area contributed by atoms with Crippen molar-refractivity contribution in [1.29, 1.82) is 0 Å². The molecule has 0 bridgehead atoms. The van der Waals surface area contributed by atoms with Crippen LogP contribution in [-0.4, -0.2) is 37.1 Å². The monoisotopic (exact) mass is 460 g/mol. The van der Waals surface area contributed by atoms with Gasteiger partial charge in [0.05, 0.1) is 17.5 Å². The van der Waals surface area contributed by atoms with Gasteiger partial charge in [-0.1, -0.05) is 48.5 Å². The summed E-state index contributed by atoms with van der Waals surface area (Å²) in [5.41, 5.74) is 3.76. The first-order valence-corrected chi connectivity index (χ1v) is 10.8. The topological polar surface area (TPSA) is 65.0 Å². The maximum Gasteiger partial charge on any atom is 0.257 e. The van der Waals surface area contributed by atoms with Gasteiger partial charge < -0.3 is 10.3 Å². The number of amides is 2. The van der Waals surface area contributed by atoms with Gasteiger partial charge in [-0.15, -0.1) is 0 Å². The molecule has 1 N–H and O–H groups in total. The Balaban J connectivity index is 1.89. The molecule has 0 aliphatic heterocycles. The molecule has 6 nitrogen and oxygen atoms in total. The molecule has 0 heterocycles. The van der Waals surface area contributed by atoms with Crippen molar-refractivity contribution in [3.8, 4) is 0 Å². The van der Waals surface area contributed by atoms with Gasteiger partial charge in [-0.05, 0) is 60.5 Å². The predicted molar refractivity (Wildman–Crippen MR) is 136 cm³/mol. The van der Waals surface area contributed by atoms with Crippen LogP contribution in [0.15, 0.2) is 78.4 Å². The average molecular weight is 461 g/mol. The highest BCUT2D eigenvalue weighted by Crippen LogP contribution is 2.30. The molecule has 0 aromatic heterocycles. The normalized spacial score (nSPS) is 10.6. The van der Waals surface area contributed by atoms with E-state index < -0.39 is 0 Å². The molecule has 7 heteroatoms. The molecule has 0 saturated heterocycles. The van der Waals surface area contributed by atoms with E-state index in [1.54, 1.807) is 54.8 Å². The smallest absolute Gasteiger partial charge is 0.257 e. The summed E-state index contributed by atoms with van der Waals surface area (Å²) in [7, 11) is 1.89. The van der Waals surface area contributed by atoms with Crippen molar-refractivity contribution in [3.63, 3.8) is 0 Å². The Bertz CT molecular complexity index is 1160. The third-order valence-corrected chi connectivity index (χ3v) is 5.24. The van der Waals surface area contributed by atoms with Gasteiger partial charge in [0.25, 0.3) is 5.91 Å². The summed E-state index contributed by atoms with van der Waals surface area (Å²) < 4.78 is 0. The minimum Gasteiger partial charge on any atom is -0.322 e. The standard InChI is InChI=1S/C26H25ClN4O2/c1-4-19-6-11-22(12-7-19)29-26(33)24-16-21(27)10-15-25(24)31(18-32)23-13-8-20(9-14-23)17-28-30(3)5-2/h4,6-18H,1,5H2,2-3H3,(H,29,33). The molecule has 0 atom stereocenters. The predicted octanol–water partition coefficient (Wildman–Crippen LogP) is 5.82. The first kappa shape index (κ1) is 23.8. The van der Waals surface area contributed by atoms with Gasteiger partial charge in [0.1, 0.15) is 0 Å². The summed E-state index contributed by atoms with van der Waals surface area (Å²) in [5.74, 6) is -0.378. The average Bonchev–Trinajstić information content (AvgIpc) is 2.84. The van der Waals surface area contributed by atoms with Gasteiger partial charge in [-0.25, -0.2) is 0 Å². The van der Waals surface area contributed by atoms with Crippen molar-refractivity contribution in [3.05, 3.63) is 95.0 Å². The van der Waals surface area contributed by atoms with Crippen molar-refractivity contribution in [1.82, 2.24) is 5.01 Å². The van der Waals surface area contributed by atoms with Crippen molar-refractivity contribution in [2.45, 2.75) is 6.92 Å². The lowest BCUT2D eigenvalue weighted by Gasteiger charge is -2.21. The van der Waals surface area contributed by atoms with Crippen LogP contribution >= 0.6 is 11.6 Å². The van der Waals surface area contributed by atoms with E-state index in [0.29, 0.717) is 28.5 Å². The fraction of sp³-hybridized carbons (Fsp3) is 0.115. The molecule has 0 aliphatic carbocycles. The summed E-state index contributed by atoms with van der Waals surface area (Å²) in [5, 5.41) is 9.38. The number of nitrogens with zero attached hydrogens (tertiary/aromatic N) is 3. The lowest BCUT2D eigenvalue weighted by atomic mass is 10.1. The molecule has 0 aliphatic rings. The molecular formula is C26H25ClN4O2. The zero-order chi connectivity index (χ0) is 23.8. The number of rotatable bonds is 9. The Morgan fingerprint density at radius 1 is 1.06 bits per heavy atom. The molecular weight excluding hydrogens is 436 g/mol. The fourth-order valence-corrected chi connectivity index (χ4v) is 3.20. The minimum absolute atomic E-state index is 0.276. The van der Waals surface area contributed by atoms with E-state index in [0.717, 1.165) is 17.7 Å². The lowest BCUT2D eigenvalue weighted by Crippen LogP contribution is -2.20. The molecule has 0 fully saturated rings. The fourth-order valence-electron chi connectivity index (χ4n) is 3.03. The van der Waals surface area contributed by atoms with Crippen LogP contribution in [0.1, 0.15) is 28.4 Å². The van der Waals surface area contributed by atoms with Crippen LogP contribution < -0.4 is 10.2 Å². The van der Waals surface area contributed by atoms with Crippen LogP contribution in [0.4, 0.5) is 17.1 Å². The first-order chi connectivity index (χ1) is 15.9. The number of benzene rings is 3. The molecule has 3 rings (SSSR count). The molecule has 3 aromatic carbocycles. The quantitative estimate of drug-likeness (QED) is 0.249. The first-order valence-electron chi connectivity index (χ1n) is 10.4. The largest absolute Gasteiger partial charge is 0.322 e. The van der Waals surface area contributed by atoms with Gasteiger partial charge in [0, 0.05) is 30.0 Å². The highest BCUT2D eigenvalue weighted by molar-refractivity contribution is 6.31. The van der Waals surface area contributed by atoms with E-state index >= 15 is 0 Å². The lowest BCUT2D eigenvalue weighted by molar-refractivity contribution is -0.106. The highest BCUT2D eigenvalue weighted by atomic mass is 35.5. The number of halogens is 1. The van der Waals surface area contributed by atoms with Crippen LogP contribution in [0, 0.1) is 0 Å². The van der Waals surface area contributed by atoms with Crippen LogP contribution in [-0.2, 0) is 4.79 Å². The maximum absolute atomic E-state index is 13.1. The summed E-state index contributed by atoms with van der Waals surface area (Å²) in [6.07, 6.45) is 4.14. The van der Waals surface area contributed by atoms with E-state index in [1.165, 1.54) is 4.90 Å². The summed E-state index contributed by atoms with van der Waals surface area (Å²) >= 11 is 6.17. The number of anilines is 3. The second-order valence-corrected chi connectivity index (χ2v) is 7.66. The summed E-state index contributed by atoms with van der Waals surface area (Å²) in [4.78, 5) is 26.5. The third-order valence-electron chi connectivity index (χ3n) is 5.01. The van der Waals surface area contributed by atoms with E-state index in [2.05, 4.69) is 17.0 Å². The van der Waals surface area contributed by atoms with Crippen molar-refractivity contribution < 1.29 is 9.59 Å². The second-order valence-electron chi connectivity index (χ2n) is 7.23. The zero-order valence-corrected chi connectivity index (χ0v) is 19.3. The van der Waals surface area contributed by atoms with E-state index in [9.17, 15) is 9.59 Å². The van der Waals surface area contributed by atoms with Crippen molar-refractivity contribution >= 4 is 53.3 Å². The second kappa shape index (κ2) is 11.1. The number of hydrogen-bond acceptors (Lipinski definition) is 4. The molecule has 0 saturated carbocycles. The Kier molecular flexibility index (Phi) is 8.00. The minimum atomic E-state index is -0.378. The van der Waals surface area contributed by atoms with E-state index in [-0.39, 0.29) is 11.5 Å². The van der Waals surface area contributed by atoms with Crippen LogP contribution in [0.2, 0.25) is 5.02 Å². The number of hydrazone groups is 1. The Hall–Kier alpha value is -3.90. The molecule has 168 valence electrons. The van der Waals surface area contributed by atoms with E-state index in [1.807, 2.05) is 43.2 Å². The summed E-state index contributed by atoms with van der Waals surface area (Å²) in [6.45, 7) is 6.54. The Labute approximate surface area is 198 Å². The van der Waals surface area contributed by atoms with Crippen molar-refractivity contribution in [2.75, 3.05) is 23.8 Å². The van der Waals surface area contributed by atoms with Crippen molar-refractivity contribution in [2.24, 2.45) is 5.10 Å². The van der Waals surface area contributed by atoms with Crippen LogP contribution in [0.3, 0.4) is 0 Å². The SMILES string of the molecule is C=Cc1ccc(NC(=O)c2cc(Cl)ccc2N(C=O)c2ccc(C=NN(C)CC)cc2)cc1. The number of carbonyl (C=O) groups excluding carboxylic acids is 2.